The lowest BCUT2D eigenvalue weighted by Gasteiger charge is -2.19. The zero-order valence-electron chi connectivity index (χ0n) is 30.3. The van der Waals surface area contributed by atoms with E-state index in [1.165, 1.54) is 6.92 Å². The van der Waals surface area contributed by atoms with Crippen molar-refractivity contribution in [2.75, 3.05) is 26.4 Å². The van der Waals surface area contributed by atoms with Crippen LogP contribution in [0.15, 0.2) is 11.6 Å². The Balaban J connectivity index is -0.0000000744. The summed E-state index contributed by atoms with van der Waals surface area (Å²) < 4.78 is 83.8. The van der Waals surface area contributed by atoms with Crippen LogP contribution in [-0.2, 0) is 57.4 Å². The third-order valence-corrected chi connectivity index (χ3v) is 4.43. The molecule has 0 fully saturated rings. The van der Waals surface area contributed by atoms with Gasteiger partial charge in [-0.2, -0.15) is 28.8 Å². The molecule has 0 aromatic rings. The monoisotopic (exact) mass is 762 g/mol. The van der Waals surface area contributed by atoms with Crippen LogP contribution in [0.2, 0.25) is 0 Å². The fourth-order valence-corrected chi connectivity index (χ4v) is 2.32. The number of hydrogen-bond donors (Lipinski definition) is 2. The van der Waals surface area contributed by atoms with E-state index in [4.69, 9.17) is 43.7 Å². The minimum atomic E-state index is -2.59. The Bertz CT molecular complexity index is 872. The Kier molecular flexibility index (Phi) is 70.6. The molecule has 51 heavy (non-hydrogen) atoms. The van der Waals surface area contributed by atoms with Crippen molar-refractivity contribution in [3.8, 4) is 0 Å². The van der Waals surface area contributed by atoms with Gasteiger partial charge in [-0.05, 0) is 60.0 Å². The van der Waals surface area contributed by atoms with Gasteiger partial charge in [-0.25, -0.2) is 31.1 Å². The number of ether oxygens (including phenoxy) is 3. The number of esters is 3. The molecule has 0 amide bonds. The molecule has 0 aliphatic carbocycles. The van der Waals surface area contributed by atoms with Crippen molar-refractivity contribution in [3.63, 3.8) is 0 Å². The Hall–Kier alpha value is -4.21. The van der Waals surface area contributed by atoms with Crippen LogP contribution < -0.4 is 0 Å². The fraction of sp³-hybridized carbons (Fsp3) is 0.742. The molecule has 0 radical (unpaired) electrons. The smallest absolute Gasteiger partial charge is 0.373 e. The molecule has 0 rings (SSSR count). The van der Waals surface area contributed by atoms with Gasteiger partial charge in [0.1, 0.15) is 6.10 Å². The van der Waals surface area contributed by atoms with E-state index in [0.29, 0.717) is 25.5 Å². The van der Waals surface area contributed by atoms with Gasteiger partial charge in [-0.1, -0.05) is 27.7 Å². The number of allylic oxidation sites excluding steroid dienone is 1. The molecule has 2 N–H and O–H groups in total. The van der Waals surface area contributed by atoms with Crippen LogP contribution in [0.25, 0.3) is 0 Å². The number of alkyl halides is 6. The number of aliphatic hydroxyl groups is 2. The van der Waals surface area contributed by atoms with Gasteiger partial charge in [0.25, 0.3) is 12.9 Å². The molecule has 0 spiro atoms. The minimum Gasteiger partial charge on any atom is -0.466 e. The number of carbonyl (C=O) groups excluding carboxylic acids is 9. The highest BCUT2D eigenvalue weighted by Gasteiger charge is 2.30. The van der Waals surface area contributed by atoms with E-state index < -0.39 is 49.2 Å². The van der Waals surface area contributed by atoms with Crippen LogP contribution in [-0.4, -0.2) is 98.4 Å². The molecule has 20 heteroatoms. The molecule has 0 bridgehead atoms. The van der Waals surface area contributed by atoms with Crippen LogP contribution in [0.5, 0.6) is 0 Å². The van der Waals surface area contributed by atoms with Crippen molar-refractivity contribution in [1.82, 2.24) is 0 Å². The average Bonchev–Trinajstić information content (AvgIpc) is 3.03. The molecule has 0 aliphatic heterocycles. The molecule has 0 saturated heterocycles. The van der Waals surface area contributed by atoms with E-state index in [-0.39, 0.29) is 56.2 Å². The van der Waals surface area contributed by atoms with Gasteiger partial charge in [-0.3, -0.25) is 9.59 Å². The predicted molar refractivity (Wildman–Crippen MR) is 164 cm³/mol. The molecule has 3 atom stereocenters. The summed E-state index contributed by atoms with van der Waals surface area (Å²) in [6.45, 7) is 15.7. The van der Waals surface area contributed by atoms with Crippen LogP contribution in [0.3, 0.4) is 0 Å². The lowest BCUT2D eigenvalue weighted by molar-refractivity contribution is -0.193. The standard InChI is InChI=1S/C9H16F2O2.C8H12F2O2.C6H12O2.C3H6F2O.C2H6O.3CO2/c1-4-7(6(3)8(10)11)9(12)13-5-2;1-3-6(5-7(9)10)8(11)12-4-2;1-3-5-6(7)8-4-2;1-2(6)3(4)5;1-2-3;3*2-1-3/h6-8H,4-5H2,1-3H3;5,7H,3-4H2,1-2H3;3-5H2,1-2H3;2-3,6H,1H3;3H,2H2,1H3;;;/b;6-5-;;;;;;. The molecule has 0 aromatic heterocycles. The van der Waals surface area contributed by atoms with Gasteiger partial charge < -0.3 is 24.4 Å². The van der Waals surface area contributed by atoms with Crippen LogP contribution in [0.1, 0.15) is 88.0 Å². The van der Waals surface area contributed by atoms with Gasteiger partial charge in [0.2, 0.25) is 6.43 Å². The van der Waals surface area contributed by atoms with E-state index in [1.54, 1.807) is 34.6 Å². The van der Waals surface area contributed by atoms with E-state index in [0.717, 1.165) is 13.3 Å². The molecule has 14 nitrogen and oxygen atoms in total. The highest BCUT2D eigenvalue weighted by Crippen LogP contribution is 2.23. The maximum atomic E-state index is 12.3. The maximum absolute atomic E-state index is 12.3. The molecular weight excluding hydrogens is 710 g/mol. The van der Waals surface area contributed by atoms with Crippen molar-refractivity contribution >= 4 is 36.4 Å². The van der Waals surface area contributed by atoms with Gasteiger partial charge in [0.05, 0.1) is 25.7 Å². The van der Waals surface area contributed by atoms with E-state index >= 15 is 0 Å². The quantitative estimate of drug-likeness (QED) is 0.111. The summed E-state index contributed by atoms with van der Waals surface area (Å²) in [7, 11) is 0. The molecule has 302 valence electrons. The van der Waals surface area contributed by atoms with Gasteiger partial charge in [-0.15, -0.1) is 0 Å². The first-order valence-electron chi connectivity index (χ1n) is 15.1. The zero-order valence-corrected chi connectivity index (χ0v) is 30.3. The van der Waals surface area contributed by atoms with Crippen LogP contribution in [0, 0.1) is 11.8 Å². The first-order chi connectivity index (χ1) is 23.8. The molecule has 0 heterocycles. The number of halogens is 6. The summed E-state index contributed by atoms with van der Waals surface area (Å²) in [5, 5.41) is 15.4. The summed E-state index contributed by atoms with van der Waals surface area (Å²) in [6, 6.07) is 0. The largest absolute Gasteiger partial charge is 0.466 e. The molecule has 0 aliphatic rings. The number of rotatable bonds is 13. The van der Waals surface area contributed by atoms with E-state index in [2.05, 4.69) is 9.47 Å². The van der Waals surface area contributed by atoms with Crippen molar-refractivity contribution in [1.29, 1.82) is 0 Å². The highest BCUT2D eigenvalue weighted by atomic mass is 19.3. The molecule has 0 aromatic carbocycles. The van der Waals surface area contributed by atoms with Crippen molar-refractivity contribution in [2.45, 2.75) is 113 Å². The van der Waals surface area contributed by atoms with Gasteiger partial charge in [0.15, 0.2) is 0 Å². The van der Waals surface area contributed by atoms with Crippen molar-refractivity contribution < 1.29 is 93.9 Å². The normalized spacial score (nSPS) is 10.8. The van der Waals surface area contributed by atoms with Gasteiger partial charge in [0, 0.05) is 24.5 Å². The second-order valence-electron chi connectivity index (χ2n) is 8.26. The van der Waals surface area contributed by atoms with Crippen molar-refractivity contribution in [3.05, 3.63) is 11.6 Å². The highest BCUT2D eigenvalue weighted by molar-refractivity contribution is 5.88. The minimum absolute atomic E-state index is 0.0341. The summed E-state index contributed by atoms with van der Waals surface area (Å²) in [6.07, 6.45) is -5.67. The summed E-state index contributed by atoms with van der Waals surface area (Å²) in [5.74, 6) is -2.86. The van der Waals surface area contributed by atoms with Crippen LogP contribution in [0.4, 0.5) is 26.3 Å². The summed E-state index contributed by atoms with van der Waals surface area (Å²) in [5.41, 5.74) is 0.0341. The third-order valence-electron chi connectivity index (χ3n) is 4.43. The zero-order chi connectivity index (χ0) is 42.4. The average molecular weight is 763 g/mol. The second kappa shape index (κ2) is 55.2. The molecular formula is C31H52F6O14. The van der Waals surface area contributed by atoms with Crippen LogP contribution >= 0.6 is 0 Å². The Morgan fingerprint density at radius 3 is 1.25 bits per heavy atom. The summed E-state index contributed by atoms with van der Waals surface area (Å²) in [4.78, 5) is 81.2. The third kappa shape index (κ3) is 68.5. The first kappa shape index (κ1) is 65.2. The molecule has 0 saturated carbocycles. The number of aliphatic hydroxyl groups excluding tert-OH is 2. The topological polar surface area (TPSA) is 222 Å². The first-order valence-corrected chi connectivity index (χ1v) is 15.1. The van der Waals surface area contributed by atoms with E-state index in [9.17, 15) is 40.7 Å². The van der Waals surface area contributed by atoms with E-state index in [1.807, 2.05) is 13.8 Å². The lowest BCUT2D eigenvalue weighted by atomic mass is 9.92. The molecule has 3 unspecified atom stereocenters. The predicted octanol–water partition coefficient (Wildman–Crippen LogP) is 4.86. The Labute approximate surface area is 293 Å². The lowest BCUT2D eigenvalue weighted by Crippen LogP contribution is -2.27. The SMILES string of the molecule is CC(O)C(F)F.CCCC(=O)OCC.CCO.CCOC(=O)/C(=C\C(F)F)CC.CCOC(=O)C(CC)C(C)C(F)F.O=C=O.O=C=O.O=C=O. The Morgan fingerprint density at radius 1 is 0.686 bits per heavy atom. The van der Waals surface area contributed by atoms with Crippen molar-refractivity contribution in [2.24, 2.45) is 11.8 Å². The Morgan fingerprint density at radius 2 is 1.04 bits per heavy atom. The van der Waals surface area contributed by atoms with Gasteiger partial charge >= 0.3 is 36.4 Å². The number of hydrogen-bond acceptors (Lipinski definition) is 14. The second-order valence-corrected chi connectivity index (χ2v) is 8.26. The maximum Gasteiger partial charge on any atom is 0.373 e. The number of carbonyl (C=O) groups is 3. The summed E-state index contributed by atoms with van der Waals surface area (Å²) >= 11 is 0. The fourth-order valence-electron chi connectivity index (χ4n) is 2.32.